The number of hydrogen-bond donors (Lipinski definition) is 2. The number of carbonyl (C=O) groups is 1. The summed E-state index contributed by atoms with van der Waals surface area (Å²) in [6.07, 6.45) is 0. The Morgan fingerprint density at radius 1 is 1.14 bits per heavy atom. The van der Waals surface area contributed by atoms with Crippen LogP contribution in [0.15, 0.2) is 53.4 Å². The van der Waals surface area contributed by atoms with Gasteiger partial charge in [-0.3, -0.25) is 9.69 Å². The maximum atomic E-state index is 12.8. The average Bonchev–Trinajstić information content (AvgIpc) is 2.69. The third-order valence-corrected chi connectivity index (χ3v) is 6.30. The molecule has 0 radical (unpaired) electrons. The number of carbonyl (C=O) groups excluding carboxylic acids is 1. The summed E-state index contributed by atoms with van der Waals surface area (Å²) in [4.78, 5) is 13.5. The number of nitrogens with zero attached hydrogens (tertiary/aromatic N) is 1. The molecule has 0 bridgehead atoms. The van der Waals surface area contributed by atoms with Gasteiger partial charge in [0.25, 0.3) is 0 Å². The van der Waals surface area contributed by atoms with Crippen LogP contribution in [0.2, 0.25) is 0 Å². The van der Waals surface area contributed by atoms with Gasteiger partial charge >= 0.3 is 0 Å². The van der Waals surface area contributed by atoms with Crippen LogP contribution in [0, 0.1) is 6.92 Å². The molecule has 1 aliphatic heterocycles. The molecule has 0 aliphatic carbocycles. The minimum Gasteiger partial charge on any atom is -0.379 e. The van der Waals surface area contributed by atoms with Gasteiger partial charge in [0.1, 0.15) is 0 Å². The first-order valence-electron chi connectivity index (χ1n) is 9.61. The van der Waals surface area contributed by atoms with Gasteiger partial charge in [0.05, 0.1) is 18.1 Å². The van der Waals surface area contributed by atoms with Crippen molar-refractivity contribution in [3.05, 3.63) is 59.7 Å². The summed E-state index contributed by atoms with van der Waals surface area (Å²) in [7, 11) is -3.68. The number of amides is 1. The summed E-state index contributed by atoms with van der Waals surface area (Å²) in [5.41, 5.74) is 2.77. The maximum Gasteiger partial charge on any atom is 0.240 e. The predicted molar refractivity (Wildman–Crippen MR) is 112 cm³/mol. The van der Waals surface area contributed by atoms with E-state index in [0.29, 0.717) is 18.9 Å². The molecule has 3 rings (SSSR count). The van der Waals surface area contributed by atoms with Crippen LogP contribution in [-0.2, 0) is 19.6 Å². The number of anilines is 1. The van der Waals surface area contributed by atoms with Gasteiger partial charge < -0.3 is 10.1 Å². The van der Waals surface area contributed by atoms with Gasteiger partial charge in [0.15, 0.2) is 0 Å². The number of nitrogens with one attached hydrogen (secondary N) is 2. The molecule has 2 N–H and O–H groups in total. The fourth-order valence-corrected chi connectivity index (χ4v) is 4.46. The number of aryl methyl sites for hydroxylation is 1. The molecule has 7 nitrogen and oxygen atoms in total. The summed E-state index contributed by atoms with van der Waals surface area (Å²) in [5, 5.41) is 2.63. The highest BCUT2D eigenvalue weighted by Gasteiger charge is 2.25. The molecule has 1 unspecified atom stereocenters. The normalized spacial score (nSPS) is 16.3. The fourth-order valence-electron chi connectivity index (χ4n) is 3.42. The average molecular weight is 418 g/mol. The number of benzene rings is 2. The van der Waals surface area contributed by atoms with E-state index >= 15 is 0 Å². The topological polar surface area (TPSA) is 87.7 Å². The lowest BCUT2D eigenvalue weighted by Crippen LogP contribution is -2.43. The lowest BCUT2D eigenvalue weighted by atomic mass is 10.0. The monoisotopic (exact) mass is 417 g/mol. The molecule has 1 saturated heterocycles. The van der Waals surface area contributed by atoms with E-state index in [9.17, 15) is 13.2 Å². The summed E-state index contributed by atoms with van der Waals surface area (Å²) in [5.74, 6) is -0.203. The van der Waals surface area contributed by atoms with Gasteiger partial charge in [-0.15, -0.1) is 0 Å². The van der Waals surface area contributed by atoms with Crippen molar-refractivity contribution >= 4 is 21.6 Å². The number of rotatable bonds is 7. The first kappa shape index (κ1) is 21.4. The van der Waals surface area contributed by atoms with E-state index in [1.807, 2.05) is 25.1 Å². The second kappa shape index (κ2) is 9.49. The molecule has 8 heteroatoms. The minimum atomic E-state index is -3.68. The Labute approximate surface area is 172 Å². The standard InChI is InChI=1S/C21H27N3O4S/c1-16-4-3-5-18(14-16)21(24-10-12-28-13-11-24)15-22-29(26,27)20-8-6-19(7-9-20)23-17(2)25/h3-9,14,21-22H,10-13,15H2,1-2H3,(H,23,25). The second-order valence-corrected chi connectivity index (χ2v) is 8.90. The Bertz CT molecular complexity index is 939. The van der Waals surface area contributed by atoms with Crippen LogP contribution < -0.4 is 10.0 Å². The Morgan fingerprint density at radius 2 is 1.83 bits per heavy atom. The first-order chi connectivity index (χ1) is 13.8. The molecule has 0 aromatic heterocycles. The summed E-state index contributed by atoms with van der Waals surface area (Å²) in [6, 6.07) is 14.2. The zero-order chi connectivity index (χ0) is 20.9. The first-order valence-corrected chi connectivity index (χ1v) is 11.1. The molecule has 0 saturated carbocycles. The largest absolute Gasteiger partial charge is 0.379 e. The third-order valence-electron chi connectivity index (χ3n) is 4.87. The molecule has 1 heterocycles. The Hall–Kier alpha value is -2.26. The summed E-state index contributed by atoms with van der Waals surface area (Å²) >= 11 is 0. The molecule has 2 aromatic rings. The van der Waals surface area contributed by atoms with Crippen LogP contribution in [0.5, 0.6) is 0 Å². The van der Waals surface area contributed by atoms with Crippen molar-refractivity contribution in [3.8, 4) is 0 Å². The highest BCUT2D eigenvalue weighted by molar-refractivity contribution is 7.89. The highest BCUT2D eigenvalue weighted by Crippen LogP contribution is 2.23. The van der Waals surface area contributed by atoms with Crippen LogP contribution in [-0.4, -0.2) is 52.1 Å². The van der Waals surface area contributed by atoms with Gasteiger partial charge in [0.2, 0.25) is 15.9 Å². The van der Waals surface area contributed by atoms with Crippen molar-refractivity contribution in [1.82, 2.24) is 9.62 Å². The quantitative estimate of drug-likeness (QED) is 0.722. The molecule has 2 aromatic carbocycles. The van der Waals surface area contributed by atoms with Crippen molar-refractivity contribution in [2.75, 3.05) is 38.2 Å². The fraction of sp³-hybridized carbons (Fsp3) is 0.381. The van der Waals surface area contributed by atoms with Crippen molar-refractivity contribution in [1.29, 1.82) is 0 Å². The van der Waals surface area contributed by atoms with Crippen LogP contribution in [0.25, 0.3) is 0 Å². The van der Waals surface area contributed by atoms with Crippen molar-refractivity contribution < 1.29 is 17.9 Å². The van der Waals surface area contributed by atoms with Crippen LogP contribution >= 0.6 is 0 Å². The third kappa shape index (κ3) is 5.86. The number of hydrogen-bond acceptors (Lipinski definition) is 5. The van der Waals surface area contributed by atoms with Crippen LogP contribution in [0.4, 0.5) is 5.69 Å². The number of sulfonamides is 1. The zero-order valence-electron chi connectivity index (χ0n) is 16.7. The van der Waals surface area contributed by atoms with Gasteiger partial charge in [-0.2, -0.15) is 0 Å². The zero-order valence-corrected chi connectivity index (χ0v) is 17.5. The molecule has 1 atom stereocenters. The molecule has 1 fully saturated rings. The molecule has 156 valence electrons. The number of morpholine rings is 1. The van der Waals surface area contributed by atoms with Crippen LogP contribution in [0.1, 0.15) is 24.1 Å². The van der Waals surface area contributed by atoms with Crippen LogP contribution in [0.3, 0.4) is 0 Å². The molecule has 0 spiro atoms. The van der Waals surface area contributed by atoms with Gasteiger partial charge in [-0.1, -0.05) is 29.8 Å². The minimum absolute atomic E-state index is 0.0766. The van der Waals surface area contributed by atoms with Gasteiger partial charge in [-0.25, -0.2) is 13.1 Å². The van der Waals surface area contributed by atoms with E-state index in [-0.39, 0.29) is 23.4 Å². The molecular weight excluding hydrogens is 390 g/mol. The molecule has 1 aliphatic rings. The van der Waals surface area contributed by atoms with E-state index in [2.05, 4.69) is 21.0 Å². The number of ether oxygens (including phenoxy) is 1. The summed E-state index contributed by atoms with van der Waals surface area (Å²) in [6.45, 7) is 6.49. The molecular formula is C21H27N3O4S. The van der Waals surface area contributed by atoms with Crippen molar-refractivity contribution in [2.45, 2.75) is 24.8 Å². The van der Waals surface area contributed by atoms with E-state index in [1.165, 1.54) is 19.1 Å². The highest BCUT2D eigenvalue weighted by atomic mass is 32.2. The SMILES string of the molecule is CC(=O)Nc1ccc(S(=O)(=O)NCC(c2cccc(C)c2)N2CCOCC2)cc1. The van der Waals surface area contributed by atoms with E-state index < -0.39 is 10.0 Å². The van der Waals surface area contributed by atoms with E-state index in [1.54, 1.807) is 12.1 Å². The molecule has 29 heavy (non-hydrogen) atoms. The van der Waals surface area contributed by atoms with Gasteiger partial charge in [-0.05, 0) is 36.8 Å². The van der Waals surface area contributed by atoms with Gasteiger partial charge in [0, 0.05) is 38.3 Å². The Morgan fingerprint density at radius 3 is 2.45 bits per heavy atom. The Balaban J connectivity index is 1.76. The van der Waals surface area contributed by atoms with E-state index in [0.717, 1.165) is 24.2 Å². The predicted octanol–water partition coefficient (Wildman–Crippen LogP) is 2.31. The Kier molecular flexibility index (Phi) is 7.02. The second-order valence-electron chi connectivity index (χ2n) is 7.14. The summed E-state index contributed by atoms with van der Waals surface area (Å²) < 4.78 is 33.8. The van der Waals surface area contributed by atoms with Crippen molar-refractivity contribution in [2.24, 2.45) is 0 Å². The maximum absolute atomic E-state index is 12.8. The molecule has 1 amide bonds. The van der Waals surface area contributed by atoms with Crippen molar-refractivity contribution in [3.63, 3.8) is 0 Å². The lowest BCUT2D eigenvalue weighted by Gasteiger charge is -2.35. The van der Waals surface area contributed by atoms with E-state index in [4.69, 9.17) is 4.74 Å². The smallest absolute Gasteiger partial charge is 0.240 e. The lowest BCUT2D eigenvalue weighted by molar-refractivity contribution is -0.114.